The minimum atomic E-state index is -0.516. The fraction of sp³-hybridized carbons (Fsp3) is 0.375. The molecule has 1 aliphatic rings. The molecule has 0 fully saturated rings. The second kappa shape index (κ2) is 5.35. The van der Waals surface area contributed by atoms with Crippen molar-refractivity contribution in [1.29, 1.82) is 0 Å². The van der Waals surface area contributed by atoms with Crippen LogP contribution in [-0.2, 0) is 12.8 Å². The summed E-state index contributed by atoms with van der Waals surface area (Å²) >= 11 is 1.69. The van der Waals surface area contributed by atoms with Crippen LogP contribution in [0.15, 0.2) is 30.3 Å². The van der Waals surface area contributed by atoms with Crippen LogP contribution in [0.25, 0.3) is 0 Å². The second-order valence-corrected chi connectivity index (χ2v) is 6.08. The van der Waals surface area contributed by atoms with Crippen molar-refractivity contribution in [2.75, 3.05) is 6.61 Å². The summed E-state index contributed by atoms with van der Waals surface area (Å²) in [4.78, 5) is 2.34. The van der Waals surface area contributed by atoms with Crippen molar-refractivity contribution in [2.45, 2.75) is 32.3 Å². The highest BCUT2D eigenvalue weighted by Crippen LogP contribution is 2.32. The summed E-state index contributed by atoms with van der Waals surface area (Å²) in [6, 6.07) is 10.2. The molecule has 19 heavy (non-hydrogen) atoms. The van der Waals surface area contributed by atoms with Gasteiger partial charge in [-0.1, -0.05) is 13.0 Å². The van der Waals surface area contributed by atoms with Crippen LogP contribution in [0.1, 0.15) is 40.3 Å². The molecule has 100 valence electrons. The predicted octanol–water partition coefficient (Wildman–Crippen LogP) is 3.72. The number of hydrogen-bond acceptors (Lipinski definition) is 3. The molecule has 0 saturated heterocycles. The standard InChI is InChI=1S/C16H18O2S/c1-2-13-6-8-15(19-13)16(17)12-5-7-14-11(10-12)4-3-9-18-14/h5-8,10,16-17H,2-4,9H2,1H3. The molecule has 2 aromatic rings. The minimum Gasteiger partial charge on any atom is -0.493 e. The van der Waals surface area contributed by atoms with Gasteiger partial charge in [0.1, 0.15) is 11.9 Å². The molecule has 1 aliphatic heterocycles. The van der Waals surface area contributed by atoms with Crippen molar-refractivity contribution in [3.63, 3.8) is 0 Å². The van der Waals surface area contributed by atoms with Crippen LogP contribution in [0.5, 0.6) is 5.75 Å². The van der Waals surface area contributed by atoms with Gasteiger partial charge in [0.15, 0.2) is 0 Å². The molecule has 2 nitrogen and oxygen atoms in total. The van der Waals surface area contributed by atoms with Crippen LogP contribution in [0, 0.1) is 0 Å². The number of aliphatic hydroxyl groups excluding tert-OH is 1. The van der Waals surface area contributed by atoms with Crippen molar-refractivity contribution < 1.29 is 9.84 Å². The number of fused-ring (bicyclic) bond motifs is 1. The van der Waals surface area contributed by atoms with Gasteiger partial charge in [0.05, 0.1) is 6.61 Å². The average Bonchev–Trinajstić information content (AvgIpc) is 2.95. The Kier molecular flexibility index (Phi) is 3.58. The van der Waals surface area contributed by atoms with Crippen LogP contribution in [0.4, 0.5) is 0 Å². The summed E-state index contributed by atoms with van der Waals surface area (Å²) in [6.45, 7) is 2.94. The number of aryl methyl sites for hydroxylation is 2. The van der Waals surface area contributed by atoms with Gasteiger partial charge >= 0.3 is 0 Å². The topological polar surface area (TPSA) is 29.5 Å². The quantitative estimate of drug-likeness (QED) is 0.924. The van der Waals surface area contributed by atoms with Crippen LogP contribution < -0.4 is 4.74 Å². The Bertz CT molecular complexity index is 574. The van der Waals surface area contributed by atoms with Gasteiger partial charge in [-0.15, -0.1) is 11.3 Å². The van der Waals surface area contributed by atoms with E-state index in [2.05, 4.69) is 19.1 Å². The smallest absolute Gasteiger partial charge is 0.122 e. The molecule has 2 heterocycles. The van der Waals surface area contributed by atoms with E-state index in [0.717, 1.165) is 42.1 Å². The zero-order valence-corrected chi connectivity index (χ0v) is 11.9. The van der Waals surface area contributed by atoms with E-state index in [4.69, 9.17) is 4.74 Å². The highest BCUT2D eigenvalue weighted by atomic mass is 32.1. The summed E-state index contributed by atoms with van der Waals surface area (Å²) < 4.78 is 5.61. The third-order valence-corrected chi connectivity index (χ3v) is 4.83. The number of rotatable bonds is 3. The van der Waals surface area contributed by atoms with Gasteiger partial charge < -0.3 is 9.84 Å². The average molecular weight is 274 g/mol. The summed E-state index contributed by atoms with van der Waals surface area (Å²) in [5.74, 6) is 0.975. The van der Waals surface area contributed by atoms with Crippen LogP contribution in [-0.4, -0.2) is 11.7 Å². The molecule has 1 N–H and O–H groups in total. The van der Waals surface area contributed by atoms with Crippen LogP contribution in [0.2, 0.25) is 0 Å². The van der Waals surface area contributed by atoms with Crippen molar-refractivity contribution in [2.24, 2.45) is 0 Å². The number of hydrogen-bond donors (Lipinski definition) is 1. The molecule has 1 aromatic carbocycles. The molecule has 0 saturated carbocycles. The highest BCUT2D eigenvalue weighted by molar-refractivity contribution is 7.12. The lowest BCUT2D eigenvalue weighted by Gasteiger charge is -2.19. The van der Waals surface area contributed by atoms with E-state index in [1.165, 1.54) is 10.4 Å². The first-order valence-electron chi connectivity index (χ1n) is 6.80. The molecule has 1 aromatic heterocycles. The zero-order valence-electron chi connectivity index (χ0n) is 11.1. The normalized spacial score (nSPS) is 15.7. The maximum absolute atomic E-state index is 10.5. The van der Waals surface area contributed by atoms with Crippen molar-refractivity contribution in [3.8, 4) is 5.75 Å². The lowest BCUT2D eigenvalue weighted by atomic mass is 10.00. The highest BCUT2D eigenvalue weighted by Gasteiger charge is 2.16. The summed E-state index contributed by atoms with van der Waals surface area (Å²) in [5, 5.41) is 10.5. The molecule has 1 unspecified atom stereocenters. The lowest BCUT2D eigenvalue weighted by molar-refractivity contribution is 0.223. The first kappa shape index (κ1) is 12.7. The van der Waals surface area contributed by atoms with Gasteiger partial charge in [-0.05, 0) is 54.7 Å². The molecule has 3 rings (SSSR count). The van der Waals surface area contributed by atoms with Crippen molar-refractivity contribution in [3.05, 3.63) is 51.2 Å². The fourth-order valence-corrected chi connectivity index (χ4v) is 3.41. The van der Waals surface area contributed by atoms with E-state index in [-0.39, 0.29) is 0 Å². The van der Waals surface area contributed by atoms with Gasteiger partial charge in [0.25, 0.3) is 0 Å². The van der Waals surface area contributed by atoms with Crippen molar-refractivity contribution >= 4 is 11.3 Å². The fourth-order valence-electron chi connectivity index (χ4n) is 2.45. The van der Waals surface area contributed by atoms with E-state index in [1.807, 2.05) is 18.2 Å². The van der Waals surface area contributed by atoms with Gasteiger partial charge in [-0.2, -0.15) is 0 Å². The largest absolute Gasteiger partial charge is 0.493 e. The molecular weight excluding hydrogens is 256 g/mol. The van der Waals surface area contributed by atoms with E-state index < -0.39 is 6.10 Å². The van der Waals surface area contributed by atoms with E-state index in [0.29, 0.717) is 0 Å². The third kappa shape index (κ3) is 2.53. The molecule has 0 bridgehead atoms. The third-order valence-electron chi connectivity index (χ3n) is 3.55. The number of thiophene rings is 1. The van der Waals surface area contributed by atoms with Gasteiger partial charge in [-0.3, -0.25) is 0 Å². The monoisotopic (exact) mass is 274 g/mol. The molecule has 0 radical (unpaired) electrons. The van der Waals surface area contributed by atoms with Crippen LogP contribution >= 0.6 is 11.3 Å². The van der Waals surface area contributed by atoms with Crippen molar-refractivity contribution in [1.82, 2.24) is 0 Å². The number of benzene rings is 1. The minimum absolute atomic E-state index is 0.516. The molecular formula is C16H18O2S. The lowest BCUT2D eigenvalue weighted by Crippen LogP contribution is -2.09. The Balaban J connectivity index is 1.88. The molecule has 0 spiro atoms. The van der Waals surface area contributed by atoms with Gasteiger partial charge in [-0.25, -0.2) is 0 Å². The van der Waals surface area contributed by atoms with Gasteiger partial charge in [0, 0.05) is 9.75 Å². The SMILES string of the molecule is CCc1ccc(C(O)c2ccc3c(c2)CCCO3)s1. The van der Waals surface area contributed by atoms with Crippen LogP contribution in [0.3, 0.4) is 0 Å². The van der Waals surface area contributed by atoms with E-state index >= 15 is 0 Å². The van der Waals surface area contributed by atoms with Gasteiger partial charge in [0.2, 0.25) is 0 Å². The Morgan fingerprint density at radius 3 is 3.00 bits per heavy atom. The molecule has 0 amide bonds. The summed E-state index contributed by atoms with van der Waals surface area (Å²) in [5.41, 5.74) is 2.18. The Hall–Kier alpha value is -1.32. The second-order valence-electron chi connectivity index (χ2n) is 4.88. The molecule has 1 atom stereocenters. The number of ether oxygens (including phenoxy) is 1. The maximum atomic E-state index is 10.5. The number of aliphatic hydroxyl groups is 1. The Morgan fingerprint density at radius 1 is 1.32 bits per heavy atom. The predicted molar refractivity (Wildman–Crippen MR) is 78.0 cm³/mol. The Morgan fingerprint density at radius 2 is 2.21 bits per heavy atom. The molecule has 3 heteroatoms. The summed E-state index contributed by atoms with van der Waals surface area (Å²) in [7, 11) is 0. The zero-order chi connectivity index (χ0) is 13.2. The van der Waals surface area contributed by atoms with E-state index in [1.54, 1.807) is 11.3 Å². The summed E-state index contributed by atoms with van der Waals surface area (Å²) in [6.07, 6.45) is 2.61. The molecule has 0 aliphatic carbocycles. The first-order chi connectivity index (χ1) is 9.28. The maximum Gasteiger partial charge on any atom is 0.122 e. The Labute approximate surface area is 117 Å². The first-order valence-corrected chi connectivity index (χ1v) is 7.62. The van der Waals surface area contributed by atoms with E-state index in [9.17, 15) is 5.11 Å².